The van der Waals surface area contributed by atoms with Crippen molar-refractivity contribution in [2.45, 2.75) is 19.3 Å². The molecule has 5 heteroatoms. The number of rotatable bonds is 5. The fraction of sp³-hybridized carbons (Fsp3) is 0.286. The second kappa shape index (κ2) is 6.33. The highest BCUT2D eigenvalue weighted by Crippen LogP contribution is 2.16. The maximum atomic E-state index is 11.6. The molecule has 19 heavy (non-hydrogen) atoms. The molecular formula is C14H16N2O2S. The van der Waals surface area contributed by atoms with Crippen molar-refractivity contribution in [3.05, 3.63) is 46.5 Å². The van der Waals surface area contributed by atoms with Gasteiger partial charge in [-0.25, -0.2) is 9.78 Å². The van der Waals surface area contributed by atoms with Crippen LogP contribution < -0.4 is 5.73 Å². The zero-order valence-corrected chi connectivity index (χ0v) is 11.6. The predicted molar refractivity (Wildman–Crippen MR) is 76.3 cm³/mol. The Bertz CT molecular complexity index is 566. The quantitative estimate of drug-likeness (QED) is 0.853. The molecule has 0 aliphatic carbocycles. The van der Waals surface area contributed by atoms with Gasteiger partial charge in [-0.15, -0.1) is 11.3 Å². The topological polar surface area (TPSA) is 65.2 Å². The molecule has 100 valence electrons. The van der Waals surface area contributed by atoms with Crippen LogP contribution in [0.1, 0.15) is 28.0 Å². The zero-order valence-electron chi connectivity index (χ0n) is 10.8. The number of hydrogen-bond donors (Lipinski definition) is 1. The van der Waals surface area contributed by atoms with Gasteiger partial charge in [0.05, 0.1) is 18.4 Å². The van der Waals surface area contributed by atoms with Gasteiger partial charge in [0, 0.05) is 5.38 Å². The van der Waals surface area contributed by atoms with Crippen molar-refractivity contribution >= 4 is 22.4 Å². The molecule has 2 N–H and O–H groups in total. The first kappa shape index (κ1) is 13.5. The molecule has 0 aliphatic heterocycles. The minimum atomic E-state index is -0.284. The summed E-state index contributed by atoms with van der Waals surface area (Å²) in [4.78, 5) is 15.8. The van der Waals surface area contributed by atoms with Crippen molar-refractivity contribution in [3.63, 3.8) is 0 Å². The number of aromatic nitrogens is 1. The number of nitrogens with two attached hydrogens (primary N) is 1. The number of methoxy groups -OCH3 is 1. The van der Waals surface area contributed by atoms with E-state index in [4.69, 9.17) is 10.5 Å². The van der Waals surface area contributed by atoms with Gasteiger partial charge in [0.15, 0.2) is 5.13 Å². The van der Waals surface area contributed by atoms with Crippen LogP contribution in [0.15, 0.2) is 29.6 Å². The Labute approximate surface area is 116 Å². The molecule has 0 radical (unpaired) electrons. The number of benzene rings is 1. The smallest absolute Gasteiger partial charge is 0.338 e. The highest BCUT2D eigenvalue weighted by Gasteiger charge is 2.10. The third kappa shape index (κ3) is 3.54. The molecule has 0 saturated carbocycles. The Kier molecular flexibility index (Phi) is 4.52. The summed E-state index contributed by atoms with van der Waals surface area (Å²) in [6.45, 7) is 0. The monoisotopic (exact) mass is 276 g/mol. The third-order valence-electron chi connectivity index (χ3n) is 2.87. The minimum Gasteiger partial charge on any atom is -0.465 e. The molecule has 0 amide bonds. The average molecular weight is 276 g/mol. The molecule has 0 atom stereocenters. The summed E-state index contributed by atoms with van der Waals surface area (Å²) in [6.07, 6.45) is 2.61. The van der Waals surface area contributed by atoms with Crippen LogP contribution in [0, 0.1) is 0 Å². The second-order valence-electron chi connectivity index (χ2n) is 4.18. The van der Waals surface area contributed by atoms with E-state index >= 15 is 0 Å². The Morgan fingerprint density at radius 3 is 2.84 bits per heavy atom. The Morgan fingerprint density at radius 2 is 2.16 bits per heavy atom. The lowest BCUT2D eigenvalue weighted by atomic mass is 10.0. The summed E-state index contributed by atoms with van der Waals surface area (Å²) < 4.78 is 4.78. The van der Waals surface area contributed by atoms with E-state index in [-0.39, 0.29) is 5.97 Å². The molecule has 2 aromatic rings. The molecule has 0 spiro atoms. The lowest BCUT2D eigenvalue weighted by molar-refractivity contribution is 0.0599. The first-order valence-electron chi connectivity index (χ1n) is 6.07. The Morgan fingerprint density at radius 1 is 1.37 bits per heavy atom. The lowest BCUT2D eigenvalue weighted by Gasteiger charge is -2.06. The first-order valence-corrected chi connectivity index (χ1v) is 6.94. The number of esters is 1. The van der Waals surface area contributed by atoms with E-state index in [1.807, 2.05) is 23.6 Å². The van der Waals surface area contributed by atoms with Crippen molar-refractivity contribution in [3.8, 4) is 0 Å². The van der Waals surface area contributed by atoms with E-state index in [0.29, 0.717) is 10.7 Å². The van der Waals surface area contributed by atoms with Gasteiger partial charge in [-0.2, -0.15) is 0 Å². The number of carbonyl (C=O) groups excluding carboxylic acids is 1. The molecule has 1 aromatic carbocycles. The van der Waals surface area contributed by atoms with E-state index in [1.165, 1.54) is 18.4 Å². The number of ether oxygens (including phenoxy) is 1. The number of hydrogen-bond acceptors (Lipinski definition) is 5. The van der Waals surface area contributed by atoms with E-state index in [0.717, 1.165) is 30.5 Å². The highest BCUT2D eigenvalue weighted by atomic mass is 32.1. The van der Waals surface area contributed by atoms with Crippen LogP contribution in [0.25, 0.3) is 0 Å². The largest absolute Gasteiger partial charge is 0.465 e. The van der Waals surface area contributed by atoms with Gasteiger partial charge in [0.1, 0.15) is 0 Å². The summed E-state index contributed by atoms with van der Waals surface area (Å²) in [7, 11) is 1.40. The van der Waals surface area contributed by atoms with Crippen molar-refractivity contribution in [2.24, 2.45) is 0 Å². The van der Waals surface area contributed by atoms with E-state index in [1.54, 1.807) is 6.07 Å². The van der Waals surface area contributed by atoms with Crippen LogP contribution >= 0.6 is 11.3 Å². The summed E-state index contributed by atoms with van der Waals surface area (Å²) in [5, 5.41) is 2.58. The number of aryl methyl sites for hydroxylation is 2. The second-order valence-corrected chi connectivity index (χ2v) is 5.07. The summed E-state index contributed by atoms with van der Waals surface area (Å²) in [5.41, 5.74) is 8.25. The van der Waals surface area contributed by atoms with Gasteiger partial charge < -0.3 is 10.5 Å². The van der Waals surface area contributed by atoms with Gasteiger partial charge in [-0.1, -0.05) is 18.2 Å². The van der Waals surface area contributed by atoms with Crippen LogP contribution in [0.3, 0.4) is 0 Å². The average Bonchev–Trinajstić information content (AvgIpc) is 2.84. The number of nitrogen functional groups attached to an aromatic ring is 1. The summed E-state index contributed by atoms with van der Waals surface area (Å²) >= 11 is 1.45. The van der Waals surface area contributed by atoms with Crippen molar-refractivity contribution in [2.75, 3.05) is 12.8 Å². The highest BCUT2D eigenvalue weighted by molar-refractivity contribution is 7.13. The van der Waals surface area contributed by atoms with Gasteiger partial charge in [-0.05, 0) is 30.9 Å². The molecular weight excluding hydrogens is 260 g/mol. The first-order chi connectivity index (χ1) is 9.20. The molecule has 4 nitrogen and oxygen atoms in total. The fourth-order valence-corrected chi connectivity index (χ4v) is 2.54. The molecule has 1 heterocycles. The summed E-state index contributed by atoms with van der Waals surface area (Å²) in [5.74, 6) is -0.284. The number of thiazole rings is 1. The maximum absolute atomic E-state index is 11.6. The molecule has 0 fully saturated rings. The van der Waals surface area contributed by atoms with Crippen LogP contribution in [-0.4, -0.2) is 18.1 Å². The standard InChI is InChI=1S/C14H16N2O2S/c1-18-13(17)12-8-3-2-5-10(12)6-4-7-11-9-19-14(15)16-11/h2-3,5,8-9H,4,6-7H2,1H3,(H2,15,16). The van der Waals surface area contributed by atoms with E-state index in [9.17, 15) is 4.79 Å². The van der Waals surface area contributed by atoms with Crippen molar-refractivity contribution in [1.82, 2.24) is 4.98 Å². The zero-order chi connectivity index (χ0) is 13.7. The van der Waals surface area contributed by atoms with Crippen molar-refractivity contribution in [1.29, 1.82) is 0 Å². The summed E-state index contributed by atoms with van der Waals surface area (Å²) in [6, 6.07) is 7.53. The Hall–Kier alpha value is -1.88. The van der Waals surface area contributed by atoms with Gasteiger partial charge in [-0.3, -0.25) is 0 Å². The van der Waals surface area contributed by atoms with Crippen LogP contribution in [0.4, 0.5) is 5.13 Å². The van der Waals surface area contributed by atoms with Gasteiger partial charge in [0.2, 0.25) is 0 Å². The van der Waals surface area contributed by atoms with Crippen LogP contribution in [0.5, 0.6) is 0 Å². The molecule has 1 aromatic heterocycles. The molecule has 2 rings (SSSR count). The third-order valence-corrected chi connectivity index (χ3v) is 3.59. The number of anilines is 1. The molecule has 0 bridgehead atoms. The minimum absolute atomic E-state index is 0.284. The lowest BCUT2D eigenvalue weighted by Crippen LogP contribution is -2.05. The Balaban J connectivity index is 1.97. The van der Waals surface area contributed by atoms with E-state index < -0.39 is 0 Å². The fourth-order valence-electron chi connectivity index (χ4n) is 1.94. The van der Waals surface area contributed by atoms with Gasteiger partial charge >= 0.3 is 5.97 Å². The van der Waals surface area contributed by atoms with Crippen molar-refractivity contribution < 1.29 is 9.53 Å². The number of carbonyl (C=O) groups is 1. The number of nitrogens with zero attached hydrogens (tertiary/aromatic N) is 1. The normalized spacial score (nSPS) is 10.4. The molecule has 0 aliphatic rings. The molecule has 0 saturated heterocycles. The SMILES string of the molecule is COC(=O)c1ccccc1CCCc1csc(N)n1. The van der Waals surface area contributed by atoms with E-state index in [2.05, 4.69) is 4.98 Å². The molecule has 0 unspecified atom stereocenters. The predicted octanol–water partition coefficient (Wildman–Crippen LogP) is 2.69. The maximum Gasteiger partial charge on any atom is 0.338 e. The van der Waals surface area contributed by atoms with Gasteiger partial charge in [0.25, 0.3) is 0 Å². The van der Waals surface area contributed by atoms with Crippen LogP contribution in [-0.2, 0) is 17.6 Å². The van der Waals surface area contributed by atoms with Crippen LogP contribution in [0.2, 0.25) is 0 Å².